The second kappa shape index (κ2) is 9.57. The van der Waals surface area contributed by atoms with Gasteiger partial charge in [-0.2, -0.15) is 10.2 Å². The quantitative estimate of drug-likeness (QED) is 0.226. The van der Waals surface area contributed by atoms with Gasteiger partial charge in [-0.3, -0.25) is 19.9 Å². The number of hydrogen-bond acceptors (Lipinski definition) is 7. The van der Waals surface area contributed by atoms with E-state index in [-0.39, 0.29) is 16.8 Å². The molecule has 0 aliphatic heterocycles. The molecule has 1 aromatic carbocycles. The van der Waals surface area contributed by atoms with Crippen molar-refractivity contribution in [2.75, 3.05) is 17.7 Å². The second-order valence-corrected chi connectivity index (χ2v) is 10.0. The van der Waals surface area contributed by atoms with Gasteiger partial charge >= 0.3 is 0 Å². The Bertz CT molecular complexity index is 1510. The minimum atomic E-state index is -0.476. The molecule has 1 saturated carbocycles. The van der Waals surface area contributed by atoms with Crippen LogP contribution in [0.25, 0.3) is 11.3 Å². The van der Waals surface area contributed by atoms with Gasteiger partial charge in [0.2, 0.25) is 0 Å². The van der Waals surface area contributed by atoms with Crippen molar-refractivity contribution in [2.24, 2.45) is 4.99 Å². The Morgan fingerprint density at radius 3 is 2.54 bits per heavy atom. The predicted molar refractivity (Wildman–Crippen MR) is 141 cm³/mol. The van der Waals surface area contributed by atoms with Crippen LogP contribution in [0.3, 0.4) is 0 Å². The van der Waals surface area contributed by atoms with E-state index in [9.17, 15) is 9.18 Å². The van der Waals surface area contributed by atoms with Crippen LogP contribution in [0.5, 0.6) is 0 Å². The normalized spacial score (nSPS) is 14.0. The Labute approximate surface area is 212 Å². The van der Waals surface area contributed by atoms with Crippen LogP contribution in [-0.4, -0.2) is 43.2 Å². The summed E-state index contributed by atoms with van der Waals surface area (Å²) in [5, 5.41) is 19.9. The number of halogens is 1. The summed E-state index contributed by atoms with van der Waals surface area (Å²) in [6, 6.07) is 8.02. The van der Waals surface area contributed by atoms with Gasteiger partial charge in [-0.15, -0.1) is 0 Å². The Kier molecular flexibility index (Phi) is 6.28. The monoisotopic (exact) mass is 501 g/mol. The zero-order valence-corrected chi connectivity index (χ0v) is 21.1. The Morgan fingerprint density at radius 2 is 1.86 bits per heavy atom. The summed E-state index contributed by atoms with van der Waals surface area (Å²) in [5.41, 5.74) is 3.35. The van der Waals surface area contributed by atoms with E-state index in [4.69, 9.17) is 0 Å². The molecule has 1 aliphatic rings. The summed E-state index contributed by atoms with van der Waals surface area (Å²) in [6.45, 7) is 6.16. The number of H-pyrrole nitrogens is 2. The van der Waals surface area contributed by atoms with Crippen LogP contribution in [0.1, 0.15) is 56.6 Å². The average Bonchev–Trinajstić information content (AvgIpc) is 3.63. The third-order valence-electron chi connectivity index (χ3n) is 6.08. The number of nitrogens with zero attached hydrogens (tertiary/aromatic N) is 5. The van der Waals surface area contributed by atoms with Crippen molar-refractivity contribution in [3.05, 3.63) is 76.0 Å². The average molecular weight is 502 g/mol. The van der Waals surface area contributed by atoms with E-state index in [2.05, 4.69) is 66.8 Å². The molecule has 4 N–H and O–H groups in total. The number of nitrogens with one attached hydrogen (secondary N) is 4. The number of anilines is 3. The van der Waals surface area contributed by atoms with Crippen molar-refractivity contribution >= 4 is 23.0 Å². The van der Waals surface area contributed by atoms with Crippen LogP contribution < -0.4 is 16.2 Å². The van der Waals surface area contributed by atoms with Gasteiger partial charge in [-0.05, 0) is 37.1 Å². The number of aliphatic imine (C=N–C) groups is 1. The molecular weight excluding hydrogens is 473 g/mol. The van der Waals surface area contributed by atoms with Crippen molar-refractivity contribution in [3.63, 3.8) is 0 Å². The fourth-order valence-corrected chi connectivity index (χ4v) is 3.77. The maximum Gasteiger partial charge on any atom is 0.287 e. The molecule has 4 aromatic rings. The molecule has 190 valence electrons. The van der Waals surface area contributed by atoms with E-state index in [0.29, 0.717) is 34.5 Å². The first kappa shape index (κ1) is 24.3. The van der Waals surface area contributed by atoms with E-state index in [0.717, 1.165) is 24.2 Å². The lowest BCUT2D eigenvalue weighted by Crippen LogP contribution is -2.19. The van der Waals surface area contributed by atoms with Crippen LogP contribution in [0.2, 0.25) is 0 Å². The highest BCUT2D eigenvalue weighted by Crippen LogP contribution is 2.39. The fourth-order valence-electron chi connectivity index (χ4n) is 3.77. The lowest BCUT2D eigenvalue weighted by atomic mass is 9.93. The minimum Gasteiger partial charge on any atom is -0.336 e. The lowest BCUT2D eigenvalue weighted by molar-refractivity contribution is 0.565. The molecule has 37 heavy (non-hydrogen) atoms. The van der Waals surface area contributed by atoms with Gasteiger partial charge in [0.1, 0.15) is 17.2 Å². The number of aromatic nitrogens is 6. The van der Waals surface area contributed by atoms with Crippen LogP contribution in [0.15, 0.2) is 52.5 Å². The first-order chi connectivity index (χ1) is 17.7. The molecule has 11 heteroatoms. The van der Waals surface area contributed by atoms with Crippen LogP contribution in [0.4, 0.5) is 21.6 Å². The molecule has 1 fully saturated rings. The van der Waals surface area contributed by atoms with Crippen molar-refractivity contribution in [2.45, 2.75) is 44.9 Å². The molecule has 10 nitrogen and oxygen atoms in total. The standard InChI is InChI=1S/C26H28FN9O/c1-26(2,3)22-13-29-21(12-30-22)24(28-4)32-19-9-15(7-8-16(19)27)17-10-20(25(37)36-34-17)31-23-11-18(33-35-23)14-5-6-14/h7-14H,5-6H2,1-4H3,(H,28,32)(H,36,37)(H2,31,33,34,35). The molecule has 1 aliphatic carbocycles. The summed E-state index contributed by atoms with van der Waals surface area (Å²) >= 11 is 0. The highest BCUT2D eigenvalue weighted by atomic mass is 19.1. The Hall–Kier alpha value is -4.41. The van der Waals surface area contributed by atoms with E-state index >= 15 is 0 Å². The van der Waals surface area contributed by atoms with Crippen molar-refractivity contribution in [3.8, 4) is 11.3 Å². The highest BCUT2D eigenvalue weighted by Gasteiger charge is 2.25. The van der Waals surface area contributed by atoms with E-state index < -0.39 is 11.4 Å². The van der Waals surface area contributed by atoms with Gasteiger partial charge in [-0.1, -0.05) is 20.8 Å². The molecule has 5 rings (SSSR count). The van der Waals surface area contributed by atoms with Gasteiger partial charge in [0.25, 0.3) is 5.56 Å². The second-order valence-electron chi connectivity index (χ2n) is 10.0. The van der Waals surface area contributed by atoms with Gasteiger partial charge in [0.05, 0.1) is 23.3 Å². The summed E-state index contributed by atoms with van der Waals surface area (Å²) < 4.78 is 14.8. The maximum absolute atomic E-state index is 14.8. The first-order valence-corrected chi connectivity index (χ1v) is 12.0. The predicted octanol–water partition coefficient (Wildman–Crippen LogP) is 4.50. The summed E-state index contributed by atoms with van der Waals surface area (Å²) in [4.78, 5) is 25.6. The topological polar surface area (TPSA) is 137 Å². The molecule has 0 bridgehead atoms. The molecule has 0 spiro atoms. The number of rotatable bonds is 6. The largest absolute Gasteiger partial charge is 0.336 e. The third-order valence-corrected chi connectivity index (χ3v) is 6.08. The molecule has 0 unspecified atom stereocenters. The van der Waals surface area contributed by atoms with Crippen molar-refractivity contribution < 1.29 is 4.39 Å². The summed E-state index contributed by atoms with van der Waals surface area (Å²) in [6.07, 6.45) is 5.59. The maximum atomic E-state index is 14.8. The first-order valence-electron chi connectivity index (χ1n) is 12.0. The molecule has 0 atom stereocenters. The number of aromatic amines is 2. The van der Waals surface area contributed by atoms with Crippen LogP contribution in [-0.2, 0) is 5.41 Å². The lowest BCUT2D eigenvalue weighted by Gasteiger charge is -2.17. The molecule has 3 aromatic heterocycles. The molecule has 0 saturated heterocycles. The minimum absolute atomic E-state index is 0.142. The zero-order valence-electron chi connectivity index (χ0n) is 21.1. The van der Waals surface area contributed by atoms with Gasteiger partial charge in [0, 0.05) is 41.9 Å². The zero-order chi connectivity index (χ0) is 26.2. The summed E-state index contributed by atoms with van der Waals surface area (Å²) in [7, 11) is 1.59. The van der Waals surface area contributed by atoms with Gasteiger partial charge in [0.15, 0.2) is 11.7 Å². The van der Waals surface area contributed by atoms with Gasteiger partial charge < -0.3 is 10.6 Å². The third kappa shape index (κ3) is 5.40. The molecule has 3 heterocycles. The van der Waals surface area contributed by atoms with E-state index in [1.165, 1.54) is 6.07 Å². The van der Waals surface area contributed by atoms with Gasteiger partial charge in [-0.25, -0.2) is 14.5 Å². The Morgan fingerprint density at radius 1 is 1.05 bits per heavy atom. The van der Waals surface area contributed by atoms with E-state index in [1.807, 2.05) is 6.07 Å². The molecule has 0 radical (unpaired) electrons. The molecule has 0 amide bonds. The summed E-state index contributed by atoms with van der Waals surface area (Å²) in [5.74, 6) is 0.952. The highest BCUT2D eigenvalue weighted by molar-refractivity contribution is 6.07. The smallest absolute Gasteiger partial charge is 0.287 e. The van der Waals surface area contributed by atoms with Crippen molar-refractivity contribution in [1.29, 1.82) is 0 Å². The van der Waals surface area contributed by atoms with Crippen LogP contribution in [0, 0.1) is 5.82 Å². The van der Waals surface area contributed by atoms with Crippen molar-refractivity contribution in [1.82, 2.24) is 30.4 Å². The molecular formula is C26H28FN9O. The van der Waals surface area contributed by atoms with Crippen LogP contribution >= 0.6 is 0 Å². The van der Waals surface area contributed by atoms with E-state index in [1.54, 1.807) is 37.6 Å². The number of hydrogen-bond donors (Lipinski definition) is 4. The number of benzene rings is 1. The Balaban J connectivity index is 1.39. The number of amidine groups is 1. The SMILES string of the molecule is CN=C(Nc1cc(-c2cc(Nc3cc(C4CC4)[nH]n3)c(=O)[nH]n2)ccc1F)c1cnc(C(C)(C)C)cn1. The fraction of sp³-hybridized carbons (Fsp3) is 0.308.